The third-order valence-electron chi connectivity index (χ3n) is 2.42. The van der Waals surface area contributed by atoms with E-state index in [1.54, 1.807) is 44.0 Å². The first-order valence-electron chi connectivity index (χ1n) is 5.97. The average Bonchev–Trinajstić information content (AvgIpc) is 3.01. The van der Waals surface area contributed by atoms with Gasteiger partial charge in [-0.05, 0) is 28.1 Å². The molecule has 0 saturated heterocycles. The Balaban J connectivity index is 1.96. The molecule has 3 rings (SSSR count). The van der Waals surface area contributed by atoms with E-state index in [0.717, 1.165) is 4.47 Å². The van der Waals surface area contributed by atoms with Crippen molar-refractivity contribution in [1.82, 2.24) is 29.7 Å². The third kappa shape index (κ3) is 3.14. The summed E-state index contributed by atoms with van der Waals surface area (Å²) in [5.41, 5.74) is 0. The first kappa shape index (κ1) is 13.4. The summed E-state index contributed by atoms with van der Waals surface area (Å²) < 4.78 is 7.93. The van der Waals surface area contributed by atoms with Gasteiger partial charge in [0, 0.05) is 30.1 Å². The van der Waals surface area contributed by atoms with Gasteiger partial charge in [-0.3, -0.25) is 4.98 Å². The Kier molecular flexibility index (Phi) is 3.73. The second kappa shape index (κ2) is 5.83. The number of halogens is 1. The summed E-state index contributed by atoms with van der Waals surface area (Å²) in [6.45, 7) is 0. The van der Waals surface area contributed by atoms with Crippen molar-refractivity contribution in [2.45, 2.75) is 0 Å². The summed E-state index contributed by atoms with van der Waals surface area (Å²) in [4.78, 5) is 16.6. The molecular formula is C12H10BrN7O. The maximum absolute atomic E-state index is 5.60. The number of nitrogens with one attached hydrogen (secondary N) is 1. The van der Waals surface area contributed by atoms with Crippen LogP contribution in [0.4, 0.5) is 5.95 Å². The molecule has 0 aromatic carbocycles. The van der Waals surface area contributed by atoms with Crippen molar-refractivity contribution in [3.05, 3.63) is 41.4 Å². The van der Waals surface area contributed by atoms with Crippen molar-refractivity contribution in [3.8, 4) is 17.7 Å². The molecule has 9 heteroatoms. The quantitative estimate of drug-likeness (QED) is 0.772. The lowest BCUT2D eigenvalue weighted by molar-refractivity contribution is 0.436. The van der Waals surface area contributed by atoms with Crippen LogP contribution in [-0.2, 0) is 0 Å². The van der Waals surface area contributed by atoms with Gasteiger partial charge in [0.2, 0.25) is 5.95 Å². The van der Waals surface area contributed by atoms with E-state index in [9.17, 15) is 0 Å². The van der Waals surface area contributed by atoms with Crippen LogP contribution in [-0.4, -0.2) is 36.8 Å². The molecule has 0 aliphatic heterocycles. The Hall–Kier alpha value is -2.55. The lowest BCUT2D eigenvalue weighted by Crippen LogP contribution is -2.08. The van der Waals surface area contributed by atoms with E-state index < -0.39 is 0 Å². The molecule has 0 unspecified atom stereocenters. The highest BCUT2D eigenvalue weighted by Crippen LogP contribution is 2.21. The van der Waals surface area contributed by atoms with E-state index in [4.69, 9.17) is 4.74 Å². The predicted octanol–water partition coefficient (Wildman–Crippen LogP) is 2.05. The number of hydrogen-bond acceptors (Lipinski definition) is 7. The van der Waals surface area contributed by atoms with Crippen LogP contribution in [0.15, 0.2) is 41.4 Å². The number of pyridine rings is 1. The first-order chi connectivity index (χ1) is 10.2. The molecule has 0 atom stereocenters. The molecule has 21 heavy (non-hydrogen) atoms. The van der Waals surface area contributed by atoms with Crippen LogP contribution in [0.3, 0.4) is 0 Å². The summed E-state index contributed by atoms with van der Waals surface area (Å²) in [6.07, 6.45) is 6.61. The molecule has 0 radical (unpaired) electrons. The zero-order chi connectivity index (χ0) is 14.7. The molecule has 0 amide bonds. The van der Waals surface area contributed by atoms with E-state index in [1.807, 2.05) is 0 Å². The smallest absolute Gasteiger partial charge is 0.328 e. The first-order valence-corrected chi connectivity index (χ1v) is 6.76. The number of aromatic nitrogens is 6. The third-order valence-corrected chi connectivity index (χ3v) is 2.86. The number of nitrogens with zero attached hydrogens (tertiary/aromatic N) is 6. The predicted molar refractivity (Wildman–Crippen MR) is 78.5 cm³/mol. The van der Waals surface area contributed by atoms with Crippen LogP contribution in [0.2, 0.25) is 0 Å². The second-order valence-corrected chi connectivity index (χ2v) is 4.80. The summed E-state index contributed by atoms with van der Waals surface area (Å²) >= 11 is 3.33. The van der Waals surface area contributed by atoms with Gasteiger partial charge in [-0.2, -0.15) is 20.1 Å². The van der Waals surface area contributed by atoms with Gasteiger partial charge in [0.15, 0.2) is 5.75 Å². The van der Waals surface area contributed by atoms with Crippen molar-refractivity contribution < 1.29 is 4.74 Å². The minimum absolute atomic E-state index is 0.153. The Labute approximate surface area is 128 Å². The van der Waals surface area contributed by atoms with Gasteiger partial charge in [0.1, 0.15) is 0 Å². The maximum Gasteiger partial charge on any atom is 0.328 e. The number of rotatable bonds is 4. The van der Waals surface area contributed by atoms with Gasteiger partial charge in [-0.1, -0.05) is 0 Å². The van der Waals surface area contributed by atoms with Crippen molar-refractivity contribution in [1.29, 1.82) is 0 Å². The molecule has 0 spiro atoms. The van der Waals surface area contributed by atoms with Crippen LogP contribution < -0.4 is 10.1 Å². The molecule has 3 aromatic heterocycles. The topological polar surface area (TPSA) is 90.6 Å². The molecule has 8 nitrogen and oxygen atoms in total. The average molecular weight is 348 g/mol. The fraction of sp³-hybridized carbons (Fsp3) is 0.0833. The molecule has 1 N–H and O–H groups in total. The van der Waals surface area contributed by atoms with Crippen molar-refractivity contribution >= 4 is 21.9 Å². The molecule has 3 aromatic rings. The highest BCUT2D eigenvalue weighted by atomic mass is 79.9. The van der Waals surface area contributed by atoms with Gasteiger partial charge in [-0.15, -0.1) is 0 Å². The van der Waals surface area contributed by atoms with E-state index in [-0.39, 0.29) is 6.01 Å². The van der Waals surface area contributed by atoms with Crippen LogP contribution in [0, 0.1) is 0 Å². The lowest BCUT2D eigenvalue weighted by Gasteiger charge is -2.07. The SMILES string of the molecule is CNc1nc(Oc2cncc(Br)c2)nc(-n2cccn2)n1. The Morgan fingerprint density at radius 3 is 2.86 bits per heavy atom. The van der Waals surface area contributed by atoms with E-state index in [2.05, 4.69) is 46.3 Å². The van der Waals surface area contributed by atoms with Gasteiger partial charge in [-0.25, -0.2) is 4.68 Å². The molecule has 0 aliphatic rings. The fourth-order valence-electron chi connectivity index (χ4n) is 1.55. The largest absolute Gasteiger partial charge is 0.422 e. The number of anilines is 1. The molecular weight excluding hydrogens is 338 g/mol. The van der Waals surface area contributed by atoms with Crippen molar-refractivity contribution in [2.24, 2.45) is 0 Å². The van der Waals surface area contributed by atoms with Crippen molar-refractivity contribution in [2.75, 3.05) is 12.4 Å². The van der Waals surface area contributed by atoms with Crippen molar-refractivity contribution in [3.63, 3.8) is 0 Å². The molecule has 3 heterocycles. The Morgan fingerprint density at radius 1 is 1.24 bits per heavy atom. The molecule has 0 fully saturated rings. The number of hydrogen-bond donors (Lipinski definition) is 1. The van der Waals surface area contributed by atoms with Gasteiger partial charge >= 0.3 is 6.01 Å². The standard InChI is InChI=1S/C12H10BrN7O/c1-14-10-17-11(20-4-2-3-16-20)19-12(18-10)21-9-5-8(13)6-15-7-9/h2-7H,1H3,(H,14,17,18,19). The maximum atomic E-state index is 5.60. The second-order valence-electron chi connectivity index (χ2n) is 3.88. The van der Waals surface area contributed by atoms with Crippen LogP contribution in [0.5, 0.6) is 11.8 Å². The summed E-state index contributed by atoms with van der Waals surface area (Å²) in [5, 5.41) is 6.94. The highest BCUT2D eigenvalue weighted by Gasteiger charge is 2.10. The summed E-state index contributed by atoms with van der Waals surface area (Å²) in [6, 6.07) is 3.70. The molecule has 0 saturated carbocycles. The lowest BCUT2D eigenvalue weighted by atomic mass is 10.5. The molecule has 106 valence electrons. The minimum atomic E-state index is 0.153. The monoisotopic (exact) mass is 347 g/mol. The zero-order valence-electron chi connectivity index (χ0n) is 10.9. The zero-order valence-corrected chi connectivity index (χ0v) is 12.5. The summed E-state index contributed by atoms with van der Waals surface area (Å²) in [5.74, 6) is 1.26. The normalized spacial score (nSPS) is 10.4. The van der Waals surface area contributed by atoms with Gasteiger partial charge < -0.3 is 10.1 Å². The Morgan fingerprint density at radius 2 is 2.14 bits per heavy atom. The van der Waals surface area contributed by atoms with Gasteiger partial charge in [0.25, 0.3) is 5.95 Å². The molecule has 0 aliphatic carbocycles. The van der Waals surface area contributed by atoms with E-state index >= 15 is 0 Å². The minimum Gasteiger partial charge on any atom is -0.422 e. The van der Waals surface area contributed by atoms with Crippen LogP contribution in [0.1, 0.15) is 0 Å². The van der Waals surface area contributed by atoms with Crippen LogP contribution >= 0.6 is 15.9 Å². The van der Waals surface area contributed by atoms with Crippen LogP contribution in [0.25, 0.3) is 5.95 Å². The molecule has 0 bridgehead atoms. The summed E-state index contributed by atoms with van der Waals surface area (Å²) in [7, 11) is 1.71. The van der Waals surface area contributed by atoms with Gasteiger partial charge in [0.05, 0.1) is 6.20 Å². The number of ether oxygens (including phenoxy) is 1. The Bertz CT molecular complexity index is 747. The fourth-order valence-corrected chi connectivity index (χ4v) is 1.89. The van der Waals surface area contributed by atoms with E-state index in [0.29, 0.717) is 17.6 Å². The highest BCUT2D eigenvalue weighted by molar-refractivity contribution is 9.10. The van der Waals surface area contributed by atoms with E-state index in [1.165, 1.54) is 4.68 Å².